The number of ether oxygens (including phenoxy) is 1. The molecule has 2 N–H and O–H groups in total. The van der Waals surface area contributed by atoms with Crippen LogP contribution >= 0.6 is 0 Å². The van der Waals surface area contributed by atoms with Crippen molar-refractivity contribution in [1.29, 1.82) is 0 Å². The summed E-state index contributed by atoms with van der Waals surface area (Å²) >= 11 is 0. The summed E-state index contributed by atoms with van der Waals surface area (Å²) in [5.74, 6) is -1.96. The van der Waals surface area contributed by atoms with E-state index in [1.54, 1.807) is 4.90 Å². The van der Waals surface area contributed by atoms with Crippen molar-refractivity contribution in [1.82, 2.24) is 10.2 Å². The van der Waals surface area contributed by atoms with Gasteiger partial charge in [-0.1, -0.05) is 55.0 Å². The number of allylic oxidation sites excluding steroid dienone is 2. The fourth-order valence-electron chi connectivity index (χ4n) is 5.27. The molecule has 1 aliphatic heterocycles. The van der Waals surface area contributed by atoms with Crippen molar-refractivity contribution in [3.05, 3.63) is 59.2 Å². The van der Waals surface area contributed by atoms with E-state index in [4.69, 9.17) is 4.74 Å². The fourth-order valence-corrected chi connectivity index (χ4v) is 5.27. The average molecular weight is 453 g/mol. The number of carbonyl (C=O) groups is 3. The van der Waals surface area contributed by atoms with E-state index in [2.05, 4.69) is 5.32 Å². The summed E-state index contributed by atoms with van der Waals surface area (Å²) in [6.07, 6.45) is 6.43. The summed E-state index contributed by atoms with van der Waals surface area (Å²) in [7, 11) is 0. The highest BCUT2D eigenvalue weighted by molar-refractivity contribution is 5.91. The highest BCUT2D eigenvalue weighted by atomic mass is 16.6. The molecule has 33 heavy (non-hydrogen) atoms. The topological polar surface area (TPSA) is 95.9 Å². The normalized spacial score (nSPS) is 25.5. The van der Waals surface area contributed by atoms with E-state index < -0.39 is 34.5 Å². The Hall–Kier alpha value is -3.09. The number of likely N-dealkylation sites (tertiary alicyclic amines) is 1. The van der Waals surface area contributed by atoms with Crippen molar-refractivity contribution in [2.75, 3.05) is 13.1 Å². The van der Waals surface area contributed by atoms with E-state index in [0.717, 1.165) is 16.7 Å². The quantitative estimate of drug-likeness (QED) is 0.732. The summed E-state index contributed by atoms with van der Waals surface area (Å²) in [4.78, 5) is 40.3. The van der Waals surface area contributed by atoms with Crippen molar-refractivity contribution in [3.63, 3.8) is 0 Å². The van der Waals surface area contributed by atoms with Crippen LogP contribution in [0.2, 0.25) is 0 Å². The molecule has 1 saturated heterocycles. The lowest BCUT2D eigenvalue weighted by Gasteiger charge is -2.47. The Bertz CT molecular complexity index is 1030. The lowest BCUT2D eigenvalue weighted by molar-refractivity contribution is -0.148. The molecule has 0 radical (unpaired) electrons. The van der Waals surface area contributed by atoms with Crippen LogP contribution in [0, 0.1) is 11.3 Å². The van der Waals surface area contributed by atoms with Gasteiger partial charge in [0.05, 0.1) is 5.92 Å². The van der Waals surface area contributed by atoms with Crippen LogP contribution < -0.4 is 5.32 Å². The van der Waals surface area contributed by atoms with Crippen molar-refractivity contribution < 1.29 is 24.2 Å². The molecule has 176 valence electrons. The SMILES string of the molecule is CC(C)(C)OC(=O)N1CCC2=CC=CC(C(=O)NC3(C(=O)O)Cc4ccccc4C3)C2(C)C1. The predicted molar refractivity (Wildman–Crippen MR) is 124 cm³/mol. The number of carboxylic acids is 1. The molecule has 2 atom stereocenters. The number of nitrogens with zero attached hydrogens (tertiary/aromatic N) is 1. The monoisotopic (exact) mass is 452 g/mol. The van der Waals surface area contributed by atoms with E-state index in [1.807, 2.05) is 70.2 Å². The second-order valence-electron chi connectivity index (χ2n) is 10.6. The van der Waals surface area contributed by atoms with Gasteiger partial charge in [0, 0.05) is 31.3 Å². The number of hydrogen-bond donors (Lipinski definition) is 2. The van der Waals surface area contributed by atoms with Gasteiger partial charge < -0.3 is 20.1 Å². The third kappa shape index (κ3) is 4.28. The van der Waals surface area contributed by atoms with Gasteiger partial charge in [0.1, 0.15) is 11.1 Å². The van der Waals surface area contributed by atoms with E-state index in [9.17, 15) is 19.5 Å². The maximum Gasteiger partial charge on any atom is 0.410 e. The standard InChI is InChI=1S/C26H32N2O5/c1-24(2,3)33-23(32)28-13-12-19-10-7-11-20(25(19,4)16-28)21(29)27-26(22(30)31)14-17-8-5-6-9-18(17)15-26/h5-11,20H,12-16H2,1-4H3,(H,27,29)(H,30,31). The Morgan fingerprint density at radius 1 is 1.15 bits per heavy atom. The number of amides is 2. The molecule has 4 rings (SSSR count). The summed E-state index contributed by atoms with van der Waals surface area (Å²) in [6.45, 7) is 8.30. The maximum absolute atomic E-state index is 13.6. The lowest BCUT2D eigenvalue weighted by atomic mass is 9.65. The summed E-state index contributed by atoms with van der Waals surface area (Å²) < 4.78 is 5.56. The number of carbonyl (C=O) groups excluding carboxylic acids is 2. The minimum absolute atomic E-state index is 0.254. The highest BCUT2D eigenvalue weighted by Gasteiger charge is 2.51. The molecule has 0 saturated carbocycles. The van der Waals surface area contributed by atoms with Gasteiger partial charge >= 0.3 is 12.1 Å². The first-order valence-electron chi connectivity index (χ1n) is 11.4. The van der Waals surface area contributed by atoms with Crippen molar-refractivity contribution in [3.8, 4) is 0 Å². The molecule has 7 nitrogen and oxygen atoms in total. The summed E-state index contributed by atoms with van der Waals surface area (Å²) in [6, 6.07) is 7.59. The zero-order valence-corrected chi connectivity index (χ0v) is 19.7. The minimum atomic E-state index is -1.37. The van der Waals surface area contributed by atoms with Crippen molar-refractivity contribution >= 4 is 18.0 Å². The molecule has 3 aliphatic rings. The third-order valence-corrected chi connectivity index (χ3v) is 7.00. The summed E-state index contributed by atoms with van der Waals surface area (Å²) in [5.41, 5.74) is 0.358. The molecule has 2 aliphatic carbocycles. The van der Waals surface area contributed by atoms with E-state index >= 15 is 0 Å². The molecule has 0 aromatic heterocycles. The van der Waals surface area contributed by atoms with Crippen LogP contribution in [-0.4, -0.2) is 52.2 Å². The first kappa shape index (κ1) is 23.1. The van der Waals surface area contributed by atoms with Gasteiger partial charge in [-0.3, -0.25) is 4.79 Å². The third-order valence-electron chi connectivity index (χ3n) is 7.00. The van der Waals surface area contributed by atoms with Crippen LogP contribution in [0.15, 0.2) is 48.1 Å². The van der Waals surface area contributed by atoms with Crippen LogP contribution in [0.25, 0.3) is 0 Å². The number of aliphatic carboxylic acids is 1. The first-order valence-corrected chi connectivity index (χ1v) is 11.4. The molecule has 2 amide bonds. The largest absolute Gasteiger partial charge is 0.479 e. The average Bonchev–Trinajstić information content (AvgIpc) is 3.10. The highest BCUT2D eigenvalue weighted by Crippen LogP contribution is 2.45. The first-order chi connectivity index (χ1) is 15.4. The second-order valence-corrected chi connectivity index (χ2v) is 10.6. The fraction of sp³-hybridized carbons (Fsp3) is 0.500. The zero-order valence-electron chi connectivity index (χ0n) is 19.7. The molecule has 0 bridgehead atoms. The van der Waals surface area contributed by atoms with E-state index in [1.165, 1.54) is 0 Å². The Labute approximate surface area is 194 Å². The molecule has 7 heteroatoms. The molecule has 2 unspecified atom stereocenters. The maximum atomic E-state index is 13.6. The Balaban J connectivity index is 1.56. The molecule has 1 aromatic rings. The van der Waals surface area contributed by atoms with Gasteiger partial charge in [-0.25, -0.2) is 9.59 Å². The minimum Gasteiger partial charge on any atom is -0.479 e. The number of piperidine rings is 1. The molecule has 0 spiro atoms. The molecular formula is C26H32N2O5. The van der Waals surface area contributed by atoms with Crippen LogP contribution in [0.1, 0.15) is 45.2 Å². The Morgan fingerprint density at radius 3 is 2.36 bits per heavy atom. The molecule has 1 heterocycles. The number of nitrogens with one attached hydrogen (secondary N) is 1. The molecule has 1 aromatic carbocycles. The smallest absolute Gasteiger partial charge is 0.410 e. The summed E-state index contributed by atoms with van der Waals surface area (Å²) in [5, 5.41) is 13.0. The Kier molecular flexibility index (Phi) is 5.63. The molecule has 1 fully saturated rings. The van der Waals surface area contributed by atoms with Gasteiger partial charge in [-0.05, 0) is 38.3 Å². The predicted octanol–water partition coefficient (Wildman–Crippen LogP) is 3.48. The number of benzene rings is 1. The second kappa shape index (κ2) is 8.04. The molecular weight excluding hydrogens is 420 g/mol. The lowest BCUT2D eigenvalue weighted by Crippen LogP contribution is -2.60. The van der Waals surface area contributed by atoms with Crippen molar-refractivity contribution in [2.45, 2.75) is 58.1 Å². The van der Waals surface area contributed by atoms with Crippen LogP contribution in [0.4, 0.5) is 4.79 Å². The van der Waals surface area contributed by atoms with Gasteiger partial charge in [0.2, 0.25) is 5.91 Å². The van der Waals surface area contributed by atoms with Crippen LogP contribution in [0.5, 0.6) is 0 Å². The Morgan fingerprint density at radius 2 is 1.79 bits per heavy atom. The van der Waals surface area contributed by atoms with E-state index in [0.29, 0.717) is 19.5 Å². The van der Waals surface area contributed by atoms with Gasteiger partial charge in [-0.2, -0.15) is 0 Å². The zero-order chi connectivity index (χ0) is 24.0. The van der Waals surface area contributed by atoms with Crippen molar-refractivity contribution in [2.24, 2.45) is 11.3 Å². The van der Waals surface area contributed by atoms with E-state index in [-0.39, 0.29) is 18.7 Å². The number of hydrogen-bond acceptors (Lipinski definition) is 4. The van der Waals surface area contributed by atoms with Crippen LogP contribution in [0.3, 0.4) is 0 Å². The number of fused-ring (bicyclic) bond motifs is 2. The van der Waals surface area contributed by atoms with Gasteiger partial charge in [0.15, 0.2) is 0 Å². The number of rotatable bonds is 3. The van der Waals surface area contributed by atoms with Gasteiger partial charge in [-0.15, -0.1) is 0 Å². The number of carboxylic acid groups (broad SMARTS) is 1. The van der Waals surface area contributed by atoms with Gasteiger partial charge in [0.25, 0.3) is 0 Å². The van der Waals surface area contributed by atoms with Crippen LogP contribution in [-0.2, 0) is 27.2 Å².